The minimum absolute atomic E-state index is 0.0247. The van der Waals surface area contributed by atoms with Crippen molar-refractivity contribution in [3.8, 4) is 11.4 Å². The molecule has 0 aliphatic carbocycles. The Kier molecular flexibility index (Phi) is 3.08. The molecule has 0 aliphatic heterocycles. The lowest BCUT2D eigenvalue weighted by Gasteiger charge is -2.10. The summed E-state index contributed by atoms with van der Waals surface area (Å²) >= 11 is 0. The molecule has 1 N–H and O–H groups in total. The fourth-order valence-corrected chi connectivity index (χ4v) is 1.52. The molecular formula is C10H11N5O2. The molecule has 17 heavy (non-hydrogen) atoms. The lowest BCUT2D eigenvalue weighted by molar-refractivity contribution is -0.137. The number of carboxylic acid groups (broad SMARTS) is 1. The number of tetrazole rings is 1. The third-order valence-electron chi connectivity index (χ3n) is 2.32. The molecule has 2 aromatic heterocycles. The van der Waals surface area contributed by atoms with Crippen molar-refractivity contribution < 1.29 is 9.90 Å². The van der Waals surface area contributed by atoms with Crippen LogP contribution in [0.4, 0.5) is 0 Å². The molecule has 1 unspecified atom stereocenters. The summed E-state index contributed by atoms with van der Waals surface area (Å²) in [5.74, 6) is -0.338. The van der Waals surface area contributed by atoms with Crippen LogP contribution in [0.1, 0.15) is 19.4 Å². The average Bonchev–Trinajstić information content (AvgIpc) is 2.78. The molecular weight excluding hydrogens is 222 g/mol. The lowest BCUT2D eigenvalue weighted by Crippen LogP contribution is -2.13. The molecule has 0 bridgehead atoms. The first kappa shape index (κ1) is 11.2. The minimum atomic E-state index is -0.881. The molecule has 2 rings (SSSR count). The largest absolute Gasteiger partial charge is 0.481 e. The quantitative estimate of drug-likeness (QED) is 0.838. The second-order valence-electron chi connectivity index (χ2n) is 3.63. The zero-order valence-electron chi connectivity index (χ0n) is 9.19. The number of hydrogen-bond donors (Lipinski definition) is 1. The van der Waals surface area contributed by atoms with Gasteiger partial charge < -0.3 is 5.11 Å². The zero-order chi connectivity index (χ0) is 12.3. The molecule has 88 valence electrons. The van der Waals surface area contributed by atoms with Gasteiger partial charge in [0.05, 0.1) is 12.5 Å². The Hall–Kier alpha value is -2.31. The molecule has 0 aromatic carbocycles. The summed E-state index contributed by atoms with van der Waals surface area (Å²) in [6.45, 7) is 1.76. The van der Waals surface area contributed by atoms with Gasteiger partial charge in [0.1, 0.15) is 0 Å². The molecule has 0 saturated heterocycles. The second kappa shape index (κ2) is 4.69. The van der Waals surface area contributed by atoms with E-state index in [0.29, 0.717) is 5.82 Å². The molecule has 7 heteroatoms. The predicted molar refractivity (Wildman–Crippen MR) is 58.0 cm³/mol. The number of nitrogens with zero attached hydrogens (tertiary/aromatic N) is 5. The highest BCUT2D eigenvalue weighted by atomic mass is 16.4. The van der Waals surface area contributed by atoms with Crippen LogP contribution in [0, 0.1) is 0 Å². The monoisotopic (exact) mass is 233 g/mol. The number of pyridine rings is 1. The summed E-state index contributed by atoms with van der Waals surface area (Å²) in [6.07, 6.45) is 3.25. The highest BCUT2D eigenvalue weighted by molar-refractivity contribution is 5.67. The first-order chi connectivity index (χ1) is 8.18. The number of aliphatic carboxylic acids is 1. The number of carbonyl (C=O) groups is 1. The number of hydrogen-bond acceptors (Lipinski definition) is 5. The second-order valence-corrected chi connectivity index (χ2v) is 3.63. The minimum Gasteiger partial charge on any atom is -0.481 e. The van der Waals surface area contributed by atoms with Crippen molar-refractivity contribution in [2.24, 2.45) is 0 Å². The third-order valence-corrected chi connectivity index (χ3v) is 2.32. The van der Waals surface area contributed by atoms with Gasteiger partial charge in [0.2, 0.25) is 0 Å². The Morgan fingerprint density at radius 1 is 1.47 bits per heavy atom. The van der Waals surface area contributed by atoms with Gasteiger partial charge in [-0.05, 0) is 29.5 Å². The van der Waals surface area contributed by atoms with Crippen LogP contribution < -0.4 is 0 Å². The smallest absolute Gasteiger partial charge is 0.305 e. The van der Waals surface area contributed by atoms with Gasteiger partial charge in [-0.1, -0.05) is 0 Å². The number of carboxylic acids is 1. The average molecular weight is 233 g/mol. The van der Waals surface area contributed by atoms with Crippen LogP contribution in [0.3, 0.4) is 0 Å². The number of aromatic nitrogens is 5. The molecule has 0 radical (unpaired) electrons. The summed E-state index contributed by atoms with van der Waals surface area (Å²) in [6, 6.07) is 3.25. The van der Waals surface area contributed by atoms with Gasteiger partial charge in [-0.3, -0.25) is 9.78 Å². The molecule has 0 aliphatic rings. The molecule has 1 atom stereocenters. The van der Waals surface area contributed by atoms with Crippen LogP contribution in [0.15, 0.2) is 24.5 Å². The van der Waals surface area contributed by atoms with Crippen LogP contribution in [-0.4, -0.2) is 36.3 Å². The van der Waals surface area contributed by atoms with Crippen LogP contribution in [0.5, 0.6) is 0 Å². The van der Waals surface area contributed by atoms with Crippen molar-refractivity contribution in [2.45, 2.75) is 19.4 Å². The Morgan fingerprint density at radius 2 is 2.18 bits per heavy atom. The highest BCUT2D eigenvalue weighted by Crippen LogP contribution is 2.19. The van der Waals surface area contributed by atoms with E-state index in [9.17, 15) is 4.79 Å². The number of rotatable bonds is 4. The first-order valence-electron chi connectivity index (χ1n) is 5.08. The van der Waals surface area contributed by atoms with Gasteiger partial charge in [0.25, 0.3) is 0 Å². The van der Waals surface area contributed by atoms with E-state index < -0.39 is 5.97 Å². The maximum atomic E-state index is 10.7. The molecule has 0 spiro atoms. The van der Waals surface area contributed by atoms with E-state index in [4.69, 9.17) is 5.11 Å². The fraction of sp³-hybridized carbons (Fsp3) is 0.300. The van der Waals surface area contributed by atoms with E-state index in [-0.39, 0.29) is 12.5 Å². The van der Waals surface area contributed by atoms with E-state index in [2.05, 4.69) is 20.5 Å². The van der Waals surface area contributed by atoms with E-state index >= 15 is 0 Å². The Bertz CT molecular complexity index is 510. The molecule has 2 heterocycles. The highest BCUT2D eigenvalue weighted by Gasteiger charge is 2.16. The third kappa shape index (κ3) is 2.44. The summed E-state index contributed by atoms with van der Waals surface area (Å²) < 4.78 is 1.50. The van der Waals surface area contributed by atoms with Crippen molar-refractivity contribution in [1.82, 2.24) is 25.2 Å². The van der Waals surface area contributed by atoms with Crippen molar-refractivity contribution >= 4 is 5.97 Å². The normalized spacial score (nSPS) is 12.3. The maximum absolute atomic E-state index is 10.7. The van der Waals surface area contributed by atoms with Crippen LogP contribution in [-0.2, 0) is 4.79 Å². The van der Waals surface area contributed by atoms with Gasteiger partial charge in [0, 0.05) is 18.0 Å². The van der Waals surface area contributed by atoms with Crippen molar-refractivity contribution in [2.75, 3.05) is 0 Å². The Labute approximate surface area is 97.1 Å². The molecule has 7 nitrogen and oxygen atoms in total. The fourth-order valence-electron chi connectivity index (χ4n) is 1.52. The van der Waals surface area contributed by atoms with E-state index in [1.54, 1.807) is 31.5 Å². The van der Waals surface area contributed by atoms with Gasteiger partial charge in [-0.15, -0.1) is 5.10 Å². The van der Waals surface area contributed by atoms with Gasteiger partial charge in [-0.25, -0.2) is 4.68 Å². The van der Waals surface area contributed by atoms with Gasteiger partial charge in [0.15, 0.2) is 5.82 Å². The first-order valence-corrected chi connectivity index (χ1v) is 5.08. The maximum Gasteiger partial charge on any atom is 0.305 e. The van der Waals surface area contributed by atoms with E-state index in [1.165, 1.54) is 4.68 Å². The summed E-state index contributed by atoms with van der Waals surface area (Å²) in [4.78, 5) is 14.6. The predicted octanol–water partition coefficient (Wildman–Crippen LogP) is 0.771. The lowest BCUT2D eigenvalue weighted by atomic mass is 10.2. The SMILES string of the molecule is CC(CC(=O)O)n1nnnc1-c1ccncc1. The van der Waals surface area contributed by atoms with Crippen LogP contribution in [0.2, 0.25) is 0 Å². The molecule has 0 saturated carbocycles. The Balaban J connectivity index is 2.32. The zero-order valence-corrected chi connectivity index (χ0v) is 9.19. The van der Waals surface area contributed by atoms with Crippen molar-refractivity contribution in [3.05, 3.63) is 24.5 Å². The topological polar surface area (TPSA) is 93.8 Å². The van der Waals surface area contributed by atoms with E-state index in [1.807, 2.05) is 0 Å². The summed E-state index contributed by atoms with van der Waals surface area (Å²) in [5, 5.41) is 20.0. The van der Waals surface area contributed by atoms with Crippen LogP contribution >= 0.6 is 0 Å². The van der Waals surface area contributed by atoms with Crippen molar-refractivity contribution in [1.29, 1.82) is 0 Å². The molecule has 0 fully saturated rings. The molecule has 2 aromatic rings. The van der Waals surface area contributed by atoms with Gasteiger partial charge >= 0.3 is 5.97 Å². The van der Waals surface area contributed by atoms with Crippen molar-refractivity contribution in [3.63, 3.8) is 0 Å². The van der Waals surface area contributed by atoms with E-state index in [0.717, 1.165) is 5.56 Å². The van der Waals surface area contributed by atoms with Gasteiger partial charge in [-0.2, -0.15) is 0 Å². The Morgan fingerprint density at radius 3 is 2.82 bits per heavy atom. The summed E-state index contributed by atoms with van der Waals surface area (Å²) in [5.41, 5.74) is 0.808. The standard InChI is InChI=1S/C10H11N5O2/c1-7(6-9(16)17)15-10(12-13-14-15)8-2-4-11-5-3-8/h2-5,7H,6H2,1H3,(H,16,17). The van der Waals surface area contributed by atoms with Crippen LogP contribution in [0.25, 0.3) is 11.4 Å². The molecule has 0 amide bonds. The summed E-state index contributed by atoms with van der Waals surface area (Å²) in [7, 11) is 0.